The number of nitrogens with zero attached hydrogens (tertiary/aromatic N) is 4. The van der Waals surface area contributed by atoms with E-state index in [4.69, 9.17) is 0 Å². The summed E-state index contributed by atoms with van der Waals surface area (Å²) in [7, 11) is 1.75. The maximum atomic E-state index is 12.3. The van der Waals surface area contributed by atoms with Gasteiger partial charge in [-0.15, -0.1) is 10.2 Å². The van der Waals surface area contributed by atoms with Crippen molar-refractivity contribution >= 4 is 17.5 Å². The van der Waals surface area contributed by atoms with Crippen LogP contribution >= 0.6 is 0 Å². The number of fused-ring (bicyclic) bond motifs is 1. The lowest BCUT2D eigenvalue weighted by Gasteiger charge is -2.17. The Morgan fingerprint density at radius 1 is 1.03 bits per heavy atom. The van der Waals surface area contributed by atoms with Crippen LogP contribution in [0.3, 0.4) is 0 Å². The predicted molar refractivity (Wildman–Crippen MR) is 117 cm³/mol. The van der Waals surface area contributed by atoms with E-state index < -0.39 is 0 Å². The zero-order valence-electron chi connectivity index (χ0n) is 18.1. The highest BCUT2D eigenvalue weighted by atomic mass is 16.2. The minimum absolute atomic E-state index is 0.0861. The summed E-state index contributed by atoms with van der Waals surface area (Å²) in [4.78, 5) is 25.8. The van der Waals surface area contributed by atoms with Crippen LogP contribution < -0.4 is 10.6 Å². The van der Waals surface area contributed by atoms with Gasteiger partial charge >= 0.3 is 0 Å². The lowest BCUT2D eigenvalue weighted by atomic mass is 10.1. The lowest BCUT2D eigenvalue weighted by Crippen LogP contribution is -2.41. The van der Waals surface area contributed by atoms with Crippen LogP contribution in [0.25, 0.3) is 11.4 Å². The van der Waals surface area contributed by atoms with Gasteiger partial charge in [-0.25, -0.2) is 0 Å². The summed E-state index contributed by atoms with van der Waals surface area (Å²) in [6.45, 7) is 5.10. The molecule has 2 aromatic rings. The number of aromatic nitrogens is 3. The Labute approximate surface area is 178 Å². The van der Waals surface area contributed by atoms with Gasteiger partial charge in [0.1, 0.15) is 5.82 Å². The van der Waals surface area contributed by atoms with Crippen LogP contribution in [-0.2, 0) is 22.6 Å². The normalized spacial score (nSPS) is 14.2. The van der Waals surface area contributed by atoms with Crippen molar-refractivity contribution < 1.29 is 9.59 Å². The van der Waals surface area contributed by atoms with Crippen LogP contribution in [0.15, 0.2) is 24.3 Å². The summed E-state index contributed by atoms with van der Waals surface area (Å²) in [6.07, 6.45) is 5.79. The first-order chi connectivity index (χ1) is 14.4. The van der Waals surface area contributed by atoms with E-state index in [1.807, 2.05) is 38.1 Å². The van der Waals surface area contributed by atoms with Crippen molar-refractivity contribution in [2.45, 2.75) is 58.5 Å². The molecule has 0 radical (unpaired) electrons. The lowest BCUT2D eigenvalue weighted by molar-refractivity contribution is -0.123. The SMILES string of the molecule is CC(C)NC(=O)CN(C)CC(=O)Nc1ccc(-c2nnc3n2CCCCCC3)cc1. The standard InChI is InChI=1S/C22H32N6O2/c1-16(2)23-20(29)14-27(3)15-21(30)24-18-11-9-17(10-12-18)22-26-25-19-8-6-4-5-7-13-28(19)22/h9-12,16H,4-8,13-15H2,1-3H3,(H,23,29)(H,24,30). The molecule has 8 heteroatoms. The van der Waals surface area contributed by atoms with E-state index in [2.05, 4.69) is 25.4 Å². The predicted octanol–water partition coefficient (Wildman–Crippen LogP) is 2.46. The van der Waals surface area contributed by atoms with Gasteiger partial charge in [-0.1, -0.05) is 12.8 Å². The van der Waals surface area contributed by atoms with Gasteiger partial charge in [0.2, 0.25) is 11.8 Å². The molecule has 1 aromatic heterocycles. The molecule has 2 heterocycles. The summed E-state index contributed by atoms with van der Waals surface area (Å²) < 4.78 is 2.23. The monoisotopic (exact) mass is 412 g/mol. The number of benzene rings is 1. The highest BCUT2D eigenvalue weighted by Gasteiger charge is 2.16. The first kappa shape index (κ1) is 22.0. The molecule has 30 heavy (non-hydrogen) atoms. The molecule has 0 saturated carbocycles. The van der Waals surface area contributed by atoms with Crippen molar-refractivity contribution in [1.29, 1.82) is 0 Å². The van der Waals surface area contributed by atoms with Crippen molar-refractivity contribution in [3.8, 4) is 11.4 Å². The Morgan fingerprint density at radius 3 is 2.47 bits per heavy atom. The maximum absolute atomic E-state index is 12.3. The minimum atomic E-state index is -0.157. The third kappa shape index (κ3) is 6.13. The van der Waals surface area contributed by atoms with Crippen molar-refractivity contribution in [2.24, 2.45) is 0 Å². The van der Waals surface area contributed by atoms with Gasteiger partial charge in [0.15, 0.2) is 5.82 Å². The fourth-order valence-electron chi connectivity index (χ4n) is 3.69. The molecular formula is C22H32N6O2. The molecule has 8 nitrogen and oxygen atoms in total. The van der Waals surface area contributed by atoms with E-state index in [0.717, 1.165) is 48.7 Å². The summed E-state index contributed by atoms with van der Waals surface area (Å²) in [5, 5.41) is 14.5. The number of aryl methyl sites for hydroxylation is 1. The molecule has 162 valence electrons. The molecule has 0 aliphatic carbocycles. The second-order valence-corrected chi connectivity index (χ2v) is 8.28. The molecule has 0 atom stereocenters. The molecule has 1 aliphatic rings. The Bertz CT molecular complexity index is 859. The zero-order chi connectivity index (χ0) is 21.5. The van der Waals surface area contributed by atoms with E-state index in [0.29, 0.717) is 0 Å². The Morgan fingerprint density at radius 2 is 1.73 bits per heavy atom. The fourth-order valence-corrected chi connectivity index (χ4v) is 3.69. The number of hydrogen-bond acceptors (Lipinski definition) is 5. The molecular weight excluding hydrogens is 380 g/mol. The van der Waals surface area contributed by atoms with Gasteiger partial charge < -0.3 is 15.2 Å². The largest absolute Gasteiger partial charge is 0.353 e. The second kappa shape index (κ2) is 10.3. The van der Waals surface area contributed by atoms with Crippen molar-refractivity contribution in [2.75, 3.05) is 25.5 Å². The highest BCUT2D eigenvalue weighted by molar-refractivity contribution is 5.92. The number of anilines is 1. The van der Waals surface area contributed by atoms with Gasteiger partial charge in [-0.3, -0.25) is 14.5 Å². The summed E-state index contributed by atoms with van der Waals surface area (Å²) in [5.74, 6) is 1.70. The van der Waals surface area contributed by atoms with E-state index in [9.17, 15) is 9.59 Å². The van der Waals surface area contributed by atoms with Crippen molar-refractivity contribution in [1.82, 2.24) is 25.0 Å². The third-order valence-corrected chi connectivity index (χ3v) is 5.06. The molecule has 1 aromatic carbocycles. The van der Waals surface area contributed by atoms with Crippen molar-refractivity contribution in [3.63, 3.8) is 0 Å². The molecule has 2 N–H and O–H groups in total. The smallest absolute Gasteiger partial charge is 0.238 e. The van der Waals surface area contributed by atoms with Gasteiger partial charge in [0.25, 0.3) is 0 Å². The van der Waals surface area contributed by atoms with Crippen LogP contribution in [-0.4, -0.2) is 57.7 Å². The third-order valence-electron chi connectivity index (χ3n) is 5.06. The van der Waals surface area contributed by atoms with E-state index in [1.165, 1.54) is 12.8 Å². The number of hydrogen-bond donors (Lipinski definition) is 2. The Balaban J connectivity index is 1.57. The quantitative estimate of drug-likeness (QED) is 0.729. The van der Waals surface area contributed by atoms with E-state index >= 15 is 0 Å². The minimum Gasteiger partial charge on any atom is -0.353 e. The van der Waals surface area contributed by atoms with Crippen LogP contribution in [0.2, 0.25) is 0 Å². The number of carbonyl (C=O) groups excluding carboxylic acids is 2. The topological polar surface area (TPSA) is 92.2 Å². The first-order valence-electron chi connectivity index (χ1n) is 10.7. The molecule has 1 aliphatic heterocycles. The second-order valence-electron chi connectivity index (χ2n) is 8.28. The average Bonchev–Trinajstić information content (AvgIpc) is 3.02. The van der Waals surface area contributed by atoms with Crippen LogP contribution in [0.4, 0.5) is 5.69 Å². The molecule has 0 fully saturated rings. The molecule has 0 spiro atoms. The first-order valence-corrected chi connectivity index (χ1v) is 10.7. The van der Waals surface area contributed by atoms with Crippen molar-refractivity contribution in [3.05, 3.63) is 30.1 Å². The van der Waals surface area contributed by atoms with Crippen LogP contribution in [0.5, 0.6) is 0 Å². The summed E-state index contributed by atoms with van der Waals surface area (Å²) >= 11 is 0. The number of rotatable bonds is 7. The van der Waals surface area contributed by atoms with Crippen LogP contribution in [0.1, 0.15) is 45.4 Å². The number of likely N-dealkylation sites (N-methyl/N-ethyl adjacent to an activating group) is 1. The average molecular weight is 413 g/mol. The van der Waals surface area contributed by atoms with E-state index in [-0.39, 0.29) is 30.9 Å². The zero-order valence-corrected chi connectivity index (χ0v) is 18.1. The number of amides is 2. The summed E-state index contributed by atoms with van der Waals surface area (Å²) in [5.41, 5.74) is 1.71. The van der Waals surface area contributed by atoms with E-state index in [1.54, 1.807) is 11.9 Å². The Hall–Kier alpha value is -2.74. The Kier molecular flexibility index (Phi) is 7.57. The molecule has 0 bridgehead atoms. The van der Waals surface area contributed by atoms with Gasteiger partial charge in [-0.2, -0.15) is 0 Å². The van der Waals surface area contributed by atoms with Gasteiger partial charge in [-0.05, 0) is 58.0 Å². The van der Waals surface area contributed by atoms with Crippen LogP contribution in [0, 0.1) is 0 Å². The molecule has 2 amide bonds. The summed E-state index contributed by atoms with van der Waals surface area (Å²) in [6, 6.07) is 7.77. The maximum Gasteiger partial charge on any atom is 0.238 e. The molecule has 3 rings (SSSR count). The molecule has 0 saturated heterocycles. The number of nitrogens with one attached hydrogen (secondary N) is 2. The molecule has 0 unspecified atom stereocenters. The number of carbonyl (C=O) groups is 2. The van der Waals surface area contributed by atoms with Gasteiger partial charge in [0, 0.05) is 30.3 Å². The highest BCUT2D eigenvalue weighted by Crippen LogP contribution is 2.23. The van der Waals surface area contributed by atoms with Gasteiger partial charge in [0.05, 0.1) is 13.1 Å². The fraction of sp³-hybridized carbons (Fsp3) is 0.545.